The minimum Gasteiger partial charge on any atom is -0.506 e. The Morgan fingerprint density at radius 1 is 1.29 bits per heavy atom. The highest BCUT2D eigenvalue weighted by Crippen LogP contribution is 2.33. The molecule has 1 heterocycles. The molecule has 0 radical (unpaired) electrons. The Balaban J connectivity index is 1.73. The number of thiocarbonyl (C=S) groups is 1. The van der Waals surface area contributed by atoms with Crippen LogP contribution in [0.4, 0.5) is 0 Å². The summed E-state index contributed by atoms with van der Waals surface area (Å²) >= 11 is 17.0. The maximum atomic E-state index is 12.6. The molecule has 9 nitrogen and oxygen atoms in total. The van der Waals surface area contributed by atoms with Gasteiger partial charge in [-0.2, -0.15) is 5.10 Å². The molecule has 35 heavy (non-hydrogen) atoms. The number of phenolic OH excluding ortho intramolecular Hbond substituents is 1. The molecular weight excluding hydrogens is 515 g/mol. The van der Waals surface area contributed by atoms with E-state index in [0.29, 0.717) is 32.7 Å². The summed E-state index contributed by atoms with van der Waals surface area (Å²) in [7, 11) is 0. The second kappa shape index (κ2) is 11.9. The van der Waals surface area contributed by atoms with E-state index >= 15 is 0 Å². The third kappa shape index (κ3) is 6.62. The van der Waals surface area contributed by atoms with Crippen molar-refractivity contribution in [2.75, 3.05) is 13.2 Å². The first kappa shape index (κ1) is 26.3. The van der Waals surface area contributed by atoms with Crippen molar-refractivity contribution in [2.24, 2.45) is 5.10 Å². The number of ether oxygens (including phenoxy) is 2. The first-order valence-corrected chi connectivity index (χ1v) is 11.5. The number of hydrogen-bond acceptors (Lipinski definition) is 7. The van der Waals surface area contributed by atoms with Crippen molar-refractivity contribution in [1.29, 1.82) is 0 Å². The van der Waals surface area contributed by atoms with Crippen LogP contribution in [0, 0.1) is 0 Å². The minimum absolute atomic E-state index is 0.0581. The summed E-state index contributed by atoms with van der Waals surface area (Å²) in [5.74, 6) is -0.909. The van der Waals surface area contributed by atoms with E-state index in [1.54, 1.807) is 38.1 Å². The maximum Gasteiger partial charge on any atom is 0.338 e. The van der Waals surface area contributed by atoms with Gasteiger partial charge in [-0.25, -0.2) is 10.2 Å². The van der Waals surface area contributed by atoms with Gasteiger partial charge in [0, 0.05) is 21.8 Å². The van der Waals surface area contributed by atoms with Crippen LogP contribution in [0.2, 0.25) is 10.0 Å². The fraction of sp³-hybridized carbons (Fsp3) is 0.217. The number of rotatable bonds is 8. The maximum absolute atomic E-state index is 12.6. The molecule has 0 bridgehead atoms. The Morgan fingerprint density at radius 2 is 2.03 bits per heavy atom. The van der Waals surface area contributed by atoms with Gasteiger partial charge < -0.3 is 25.2 Å². The molecule has 0 fully saturated rings. The van der Waals surface area contributed by atoms with Crippen LogP contribution < -0.4 is 20.8 Å². The fourth-order valence-corrected chi connectivity index (χ4v) is 4.07. The van der Waals surface area contributed by atoms with Crippen LogP contribution in [0.25, 0.3) is 0 Å². The van der Waals surface area contributed by atoms with Crippen LogP contribution >= 0.6 is 35.4 Å². The zero-order valence-corrected chi connectivity index (χ0v) is 21.1. The standard InChI is InChI=1S/C23H22Cl2N4O5S/c1-3-33-22(32)19-12(2)27-23(35)28-20(19)15-6-4-5-7-17(15)34-11-18(30)29-26-10-13-8-14(24)9-16(25)21(13)31/h4-10,20,31H,3,11H2,1-2H3,(H,29,30)(H2,27,28,35)/t20-/m1/s1. The van der Waals surface area contributed by atoms with Crippen molar-refractivity contribution in [2.45, 2.75) is 19.9 Å². The highest BCUT2D eigenvalue weighted by atomic mass is 35.5. The minimum atomic E-state index is -0.643. The quantitative estimate of drug-likeness (QED) is 0.175. The van der Waals surface area contributed by atoms with Crippen molar-refractivity contribution in [1.82, 2.24) is 16.1 Å². The normalized spacial score (nSPS) is 15.4. The molecule has 0 unspecified atom stereocenters. The first-order valence-electron chi connectivity index (χ1n) is 10.4. The number of phenols is 1. The second-order valence-corrected chi connectivity index (χ2v) is 8.49. The Bertz CT molecular complexity index is 1220. The molecule has 2 aromatic carbocycles. The lowest BCUT2D eigenvalue weighted by Gasteiger charge is -2.30. The van der Waals surface area contributed by atoms with E-state index in [9.17, 15) is 14.7 Å². The summed E-state index contributed by atoms with van der Waals surface area (Å²) < 4.78 is 10.9. The van der Waals surface area contributed by atoms with Crippen LogP contribution in [0.5, 0.6) is 11.5 Å². The number of aromatic hydroxyl groups is 1. The number of benzene rings is 2. The summed E-state index contributed by atoms with van der Waals surface area (Å²) in [6.07, 6.45) is 1.21. The molecule has 3 rings (SSSR count). The van der Waals surface area contributed by atoms with E-state index in [-0.39, 0.29) is 29.5 Å². The second-order valence-electron chi connectivity index (χ2n) is 7.24. The van der Waals surface area contributed by atoms with E-state index in [0.717, 1.165) is 0 Å². The summed E-state index contributed by atoms with van der Waals surface area (Å²) in [5.41, 5.74) is 4.04. The van der Waals surface area contributed by atoms with Gasteiger partial charge in [-0.1, -0.05) is 41.4 Å². The van der Waals surface area contributed by atoms with Crippen molar-refractivity contribution in [3.05, 3.63) is 68.8 Å². The first-order chi connectivity index (χ1) is 16.7. The SMILES string of the molecule is CCOC(=O)C1=C(C)NC(=S)N[C@@H]1c1ccccc1OCC(=O)NN=Cc1cc(Cl)cc(Cl)c1O. The molecule has 184 valence electrons. The lowest BCUT2D eigenvalue weighted by molar-refractivity contribution is -0.139. The largest absolute Gasteiger partial charge is 0.506 e. The van der Waals surface area contributed by atoms with E-state index in [1.807, 2.05) is 0 Å². The van der Waals surface area contributed by atoms with Gasteiger partial charge in [0.25, 0.3) is 5.91 Å². The molecule has 0 spiro atoms. The molecule has 0 aliphatic carbocycles. The average molecular weight is 537 g/mol. The molecular formula is C23H22Cl2N4O5S. The molecule has 12 heteroatoms. The molecule has 0 saturated carbocycles. The Hall–Kier alpha value is -3.34. The van der Waals surface area contributed by atoms with Gasteiger partial charge in [-0.3, -0.25) is 4.79 Å². The molecule has 1 amide bonds. The van der Waals surface area contributed by atoms with Gasteiger partial charge in [0.1, 0.15) is 11.5 Å². The number of hydrogen-bond donors (Lipinski definition) is 4. The number of halogens is 2. The number of nitrogens with one attached hydrogen (secondary N) is 3. The third-order valence-corrected chi connectivity index (χ3v) is 5.53. The van der Waals surface area contributed by atoms with Crippen LogP contribution in [-0.4, -0.2) is 41.5 Å². The smallest absolute Gasteiger partial charge is 0.338 e. The number of hydrazone groups is 1. The van der Waals surface area contributed by atoms with Crippen LogP contribution in [0.3, 0.4) is 0 Å². The van der Waals surface area contributed by atoms with Crippen LogP contribution in [0.15, 0.2) is 52.8 Å². The number of para-hydroxylation sites is 1. The highest BCUT2D eigenvalue weighted by molar-refractivity contribution is 7.80. The molecule has 1 aliphatic heterocycles. The van der Waals surface area contributed by atoms with Gasteiger partial charge in [0.15, 0.2) is 11.7 Å². The zero-order valence-electron chi connectivity index (χ0n) is 18.7. The van der Waals surface area contributed by atoms with Crippen LogP contribution in [0.1, 0.15) is 31.0 Å². The number of allylic oxidation sites excluding steroid dienone is 1. The van der Waals surface area contributed by atoms with Gasteiger partial charge >= 0.3 is 5.97 Å². The molecule has 0 saturated heterocycles. The van der Waals surface area contributed by atoms with Crippen molar-refractivity contribution in [3.8, 4) is 11.5 Å². The van der Waals surface area contributed by atoms with Crippen molar-refractivity contribution < 1.29 is 24.2 Å². The van der Waals surface area contributed by atoms with Crippen molar-refractivity contribution >= 4 is 58.6 Å². The lowest BCUT2D eigenvalue weighted by Crippen LogP contribution is -2.45. The Kier molecular flexibility index (Phi) is 8.91. The van der Waals surface area contributed by atoms with Crippen molar-refractivity contribution in [3.63, 3.8) is 0 Å². The van der Waals surface area contributed by atoms with Gasteiger partial charge in [0.05, 0.1) is 29.5 Å². The Morgan fingerprint density at radius 3 is 2.77 bits per heavy atom. The molecule has 0 aromatic heterocycles. The number of esters is 1. The third-order valence-electron chi connectivity index (χ3n) is 4.80. The predicted octanol–water partition coefficient (Wildman–Crippen LogP) is 3.58. The average Bonchev–Trinajstić information content (AvgIpc) is 2.80. The highest BCUT2D eigenvalue weighted by Gasteiger charge is 2.32. The van der Waals surface area contributed by atoms with Crippen LogP contribution in [-0.2, 0) is 14.3 Å². The Labute approximate surface area is 217 Å². The molecule has 2 aromatic rings. The van der Waals surface area contributed by atoms with Gasteiger partial charge in [-0.15, -0.1) is 0 Å². The number of carbonyl (C=O) groups is 2. The predicted molar refractivity (Wildman–Crippen MR) is 137 cm³/mol. The summed E-state index contributed by atoms with van der Waals surface area (Å²) in [4.78, 5) is 24.9. The summed E-state index contributed by atoms with van der Waals surface area (Å²) in [5, 5.41) is 20.4. The van der Waals surface area contributed by atoms with E-state index in [1.165, 1.54) is 18.3 Å². The number of amides is 1. The topological polar surface area (TPSA) is 121 Å². The fourth-order valence-electron chi connectivity index (χ4n) is 3.29. The zero-order chi connectivity index (χ0) is 25.5. The summed E-state index contributed by atoms with van der Waals surface area (Å²) in [6, 6.07) is 9.13. The van der Waals surface area contributed by atoms with Gasteiger partial charge in [0.2, 0.25) is 0 Å². The van der Waals surface area contributed by atoms with E-state index < -0.39 is 17.9 Å². The lowest BCUT2D eigenvalue weighted by atomic mass is 9.95. The molecule has 1 atom stereocenters. The summed E-state index contributed by atoms with van der Waals surface area (Å²) in [6.45, 7) is 3.29. The van der Waals surface area contributed by atoms with E-state index in [2.05, 4.69) is 21.2 Å². The number of carbonyl (C=O) groups excluding carboxylic acids is 2. The number of nitrogens with zero attached hydrogens (tertiary/aromatic N) is 1. The molecule has 1 aliphatic rings. The van der Waals surface area contributed by atoms with Gasteiger partial charge in [-0.05, 0) is 44.3 Å². The molecule has 4 N–H and O–H groups in total. The van der Waals surface area contributed by atoms with E-state index in [4.69, 9.17) is 44.9 Å². The monoisotopic (exact) mass is 536 g/mol.